The van der Waals surface area contributed by atoms with Crippen molar-refractivity contribution in [2.24, 2.45) is 10.9 Å². The van der Waals surface area contributed by atoms with Crippen LogP contribution in [0, 0.1) is 11.3 Å². The van der Waals surface area contributed by atoms with Gasteiger partial charge in [-0.15, -0.1) is 0 Å². The second-order valence-electron chi connectivity index (χ2n) is 6.96. The smallest absolute Gasteiger partial charge is 0.233 e. The summed E-state index contributed by atoms with van der Waals surface area (Å²) in [5.41, 5.74) is 7.21. The highest BCUT2D eigenvalue weighted by molar-refractivity contribution is 9.10. The number of methoxy groups -OCH3 is 1. The van der Waals surface area contributed by atoms with Crippen molar-refractivity contribution in [3.8, 4) is 0 Å². The van der Waals surface area contributed by atoms with Crippen LogP contribution in [0.5, 0.6) is 0 Å². The van der Waals surface area contributed by atoms with Crippen LogP contribution in [0.3, 0.4) is 0 Å². The van der Waals surface area contributed by atoms with Gasteiger partial charge in [-0.3, -0.25) is 20.5 Å². The molecule has 1 aromatic carbocycles. The Balaban J connectivity index is 1.87. The third-order valence-electron chi connectivity index (χ3n) is 4.94. The SMILES string of the molecule is CCC(SC1=NC2NNC(C)C2C(=N)N1c1ccc(Br)cc1)C(=O)NCCOC. The summed E-state index contributed by atoms with van der Waals surface area (Å²) in [5, 5.41) is 12.1. The summed E-state index contributed by atoms with van der Waals surface area (Å²) in [7, 11) is 1.61. The van der Waals surface area contributed by atoms with Crippen molar-refractivity contribution in [2.45, 2.75) is 37.7 Å². The molecule has 4 unspecified atom stereocenters. The van der Waals surface area contributed by atoms with Crippen molar-refractivity contribution in [1.82, 2.24) is 16.2 Å². The molecular weight excluding hydrogens is 456 g/mol. The summed E-state index contributed by atoms with van der Waals surface area (Å²) < 4.78 is 5.98. The number of nitrogens with zero attached hydrogens (tertiary/aromatic N) is 2. The highest BCUT2D eigenvalue weighted by atomic mass is 79.9. The van der Waals surface area contributed by atoms with Gasteiger partial charge in [0.2, 0.25) is 5.91 Å². The summed E-state index contributed by atoms with van der Waals surface area (Å²) in [6, 6.07) is 7.88. The summed E-state index contributed by atoms with van der Waals surface area (Å²) in [6.45, 7) is 4.96. The lowest BCUT2D eigenvalue weighted by atomic mass is 9.97. The number of ether oxygens (including phenoxy) is 1. The van der Waals surface area contributed by atoms with E-state index in [0.717, 1.165) is 10.2 Å². The molecule has 158 valence electrons. The van der Waals surface area contributed by atoms with Gasteiger partial charge in [0.1, 0.15) is 12.0 Å². The minimum atomic E-state index is -0.306. The molecule has 0 bridgehead atoms. The molecule has 0 spiro atoms. The Morgan fingerprint density at radius 2 is 2.14 bits per heavy atom. The van der Waals surface area contributed by atoms with Crippen LogP contribution < -0.4 is 21.1 Å². The first-order valence-corrected chi connectivity index (χ1v) is 11.3. The lowest BCUT2D eigenvalue weighted by molar-refractivity contribution is -0.120. The Morgan fingerprint density at radius 3 is 2.79 bits per heavy atom. The number of amides is 1. The Hall–Kier alpha value is -1.46. The fourth-order valence-electron chi connectivity index (χ4n) is 3.36. The Bertz CT molecular complexity index is 774. The number of anilines is 1. The molecule has 2 aliphatic heterocycles. The van der Waals surface area contributed by atoms with E-state index in [1.54, 1.807) is 7.11 Å². The molecule has 1 saturated heterocycles. The van der Waals surface area contributed by atoms with Crippen LogP contribution in [0.15, 0.2) is 33.7 Å². The molecule has 0 aromatic heterocycles. The van der Waals surface area contributed by atoms with E-state index in [0.29, 0.717) is 30.6 Å². The van der Waals surface area contributed by atoms with Gasteiger partial charge in [-0.1, -0.05) is 34.6 Å². The van der Waals surface area contributed by atoms with Gasteiger partial charge in [0, 0.05) is 29.9 Å². The molecule has 8 nitrogen and oxygen atoms in total. The average molecular weight is 483 g/mol. The fraction of sp³-hybridized carbons (Fsp3) is 0.526. The van der Waals surface area contributed by atoms with Crippen molar-refractivity contribution >= 4 is 50.3 Å². The number of rotatable bonds is 7. The number of fused-ring (bicyclic) bond motifs is 1. The number of aliphatic imine (C=N–C) groups is 1. The van der Waals surface area contributed by atoms with Gasteiger partial charge in [0.25, 0.3) is 0 Å². The monoisotopic (exact) mass is 482 g/mol. The Kier molecular flexibility index (Phi) is 7.69. The number of benzene rings is 1. The third-order valence-corrected chi connectivity index (χ3v) is 6.80. The number of thioether (sulfide) groups is 1. The fourth-order valence-corrected chi connectivity index (χ4v) is 4.72. The molecule has 1 amide bonds. The number of hydrazine groups is 1. The highest BCUT2D eigenvalue weighted by Crippen LogP contribution is 2.33. The molecule has 4 atom stereocenters. The number of amidine groups is 2. The van der Waals surface area contributed by atoms with Gasteiger partial charge in [-0.2, -0.15) is 0 Å². The maximum atomic E-state index is 12.6. The van der Waals surface area contributed by atoms with E-state index in [9.17, 15) is 4.79 Å². The summed E-state index contributed by atoms with van der Waals surface area (Å²) >= 11 is 4.86. The minimum Gasteiger partial charge on any atom is -0.383 e. The lowest BCUT2D eigenvalue weighted by Crippen LogP contribution is -2.51. The van der Waals surface area contributed by atoms with E-state index in [-0.39, 0.29) is 29.3 Å². The molecule has 1 aromatic rings. The second-order valence-corrected chi connectivity index (χ2v) is 9.04. The molecule has 2 aliphatic rings. The van der Waals surface area contributed by atoms with E-state index >= 15 is 0 Å². The number of hydrogen-bond donors (Lipinski definition) is 4. The molecule has 0 radical (unpaired) electrons. The first-order chi connectivity index (χ1) is 14.0. The topological polar surface area (TPSA) is 102 Å². The van der Waals surface area contributed by atoms with Crippen LogP contribution in [0.1, 0.15) is 20.3 Å². The second kappa shape index (κ2) is 10.0. The van der Waals surface area contributed by atoms with Crippen molar-refractivity contribution in [3.05, 3.63) is 28.7 Å². The van der Waals surface area contributed by atoms with E-state index in [4.69, 9.17) is 15.1 Å². The first-order valence-electron chi connectivity index (χ1n) is 9.62. The number of hydrogen-bond acceptors (Lipinski definition) is 7. The summed E-state index contributed by atoms with van der Waals surface area (Å²) in [6.07, 6.45) is 0.431. The van der Waals surface area contributed by atoms with Crippen LogP contribution in [-0.4, -0.2) is 54.6 Å². The maximum Gasteiger partial charge on any atom is 0.233 e. The quantitative estimate of drug-likeness (QED) is 0.444. The first kappa shape index (κ1) is 22.2. The van der Waals surface area contributed by atoms with Crippen molar-refractivity contribution in [3.63, 3.8) is 0 Å². The van der Waals surface area contributed by atoms with Gasteiger partial charge in [-0.05, 0) is 37.6 Å². The van der Waals surface area contributed by atoms with Gasteiger partial charge in [-0.25, -0.2) is 10.4 Å². The highest BCUT2D eigenvalue weighted by Gasteiger charge is 2.44. The molecule has 0 saturated carbocycles. The Labute approximate surface area is 183 Å². The lowest BCUT2D eigenvalue weighted by Gasteiger charge is -2.36. The number of carbonyl (C=O) groups excluding carboxylic acids is 1. The van der Waals surface area contributed by atoms with Crippen molar-refractivity contribution in [2.75, 3.05) is 25.2 Å². The molecular formula is C19H27BrN6O2S. The molecule has 1 fully saturated rings. The standard InChI is InChI=1S/C19H27BrN6O2S/c1-4-14(18(27)22-9-10-28-3)29-19-23-17-15(11(2)24-25-17)16(21)26(19)13-7-5-12(20)6-8-13/h5-8,11,14-15,17,21,24-25H,4,9-10H2,1-3H3,(H,22,27). The normalized spacial score (nSPS) is 24.8. The molecule has 3 rings (SSSR count). The Morgan fingerprint density at radius 1 is 1.41 bits per heavy atom. The van der Waals surface area contributed by atoms with Crippen LogP contribution in [0.4, 0.5) is 5.69 Å². The number of nitrogens with one attached hydrogen (secondary N) is 4. The summed E-state index contributed by atoms with van der Waals surface area (Å²) in [5.74, 6) is 0.334. The molecule has 0 aliphatic carbocycles. The minimum absolute atomic E-state index is 0.0486. The van der Waals surface area contributed by atoms with Crippen LogP contribution in [0.2, 0.25) is 0 Å². The summed E-state index contributed by atoms with van der Waals surface area (Å²) in [4.78, 5) is 19.3. The van der Waals surface area contributed by atoms with Gasteiger partial charge in [0.05, 0.1) is 17.8 Å². The van der Waals surface area contributed by atoms with Gasteiger partial charge in [0.15, 0.2) is 5.17 Å². The number of carbonyl (C=O) groups is 1. The molecule has 4 N–H and O–H groups in total. The van der Waals surface area contributed by atoms with Crippen LogP contribution in [0.25, 0.3) is 0 Å². The largest absolute Gasteiger partial charge is 0.383 e. The van der Waals surface area contributed by atoms with E-state index in [1.165, 1.54) is 11.8 Å². The predicted octanol–water partition coefficient (Wildman–Crippen LogP) is 2.32. The van der Waals surface area contributed by atoms with E-state index < -0.39 is 0 Å². The van der Waals surface area contributed by atoms with Crippen molar-refractivity contribution < 1.29 is 9.53 Å². The maximum absolute atomic E-state index is 12.6. The average Bonchev–Trinajstić information content (AvgIpc) is 3.08. The molecule has 2 heterocycles. The van der Waals surface area contributed by atoms with E-state index in [2.05, 4.69) is 32.1 Å². The number of halogens is 1. The van der Waals surface area contributed by atoms with Gasteiger partial charge >= 0.3 is 0 Å². The third kappa shape index (κ3) is 5.00. The van der Waals surface area contributed by atoms with Crippen molar-refractivity contribution in [1.29, 1.82) is 5.41 Å². The zero-order valence-electron chi connectivity index (χ0n) is 16.7. The molecule has 10 heteroatoms. The predicted molar refractivity (Wildman–Crippen MR) is 121 cm³/mol. The van der Waals surface area contributed by atoms with Crippen LogP contribution >= 0.6 is 27.7 Å². The zero-order valence-corrected chi connectivity index (χ0v) is 19.1. The van der Waals surface area contributed by atoms with Crippen LogP contribution in [-0.2, 0) is 9.53 Å². The molecule has 29 heavy (non-hydrogen) atoms. The van der Waals surface area contributed by atoms with E-state index in [1.807, 2.05) is 43.0 Å². The van der Waals surface area contributed by atoms with Gasteiger partial charge < -0.3 is 10.1 Å². The zero-order chi connectivity index (χ0) is 21.0.